The van der Waals surface area contributed by atoms with Gasteiger partial charge in [-0.3, -0.25) is 0 Å². The third-order valence-electron chi connectivity index (χ3n) is 3.06. The van der Waals surface area contributed by atoms with Crippen LogP contribution in [0.2, 0.25) is 0 Å². The van der Waals surface area contributed by atoms with E-state index in [4.69, 9.17) is 4.74 Å². The Labute approximate surface area is 119 Å². The molecule has 0 aliphatic rings. The van der Waals surface area contributed by atoms with Gasteiger partial charge in [0.05, 0.1) is 0 Å². The van der Waals surface area contributed by atoms with Gasteiger partial charge in [0.15, 0.2) is 0 Å². The highest BCUT2D eigenvalue weighted by molar-refractivity contribution is 5.86. The van der Waals surface area contributed by atoms with Gasteiger partial charge in [-0.25, -0.2) is 4.79 Å². The molecule has 0 saturated heterocycles. The lowest BCUT2D eigenvalue weighted by atomic mass is 10.0. The quantitative estimate of drug-likeness (QED) is 0.606. The van der Waals surface area contributed by atoms with E-state index in [1.54, 1.807) is 6.92 Å². The highest BCUT2D eigenvalue weighted by Crippen LogP contribution is 2.15. The van der Waals surface area contributed by atoms with Gasteiger partial charge in [0.1, 0.15) is 6.61 Å². The van der Waals surface area contributed by atoms with Crippen molar-refractivity contribution in [2.24, 2.45) is 0 Å². The molecule has 0 bridgehead atoms. The molecule has 0 unspecified atom stereocenters. The average molecular weight is 266 g/mol. The monoisotopic (exact) mass is 266 g/mol. The normalized spacial score (nSPS) is 10.1. The van der Waals surface area contributed by atoms with Crippen molar-refractivity contribution in [3.05, 3.63) is 83.4 Å². The molecule has 0 amide bonds. The predicted molar refractivity (Wildman–Crippen MR) is 80.3 cm³/mol. The average Bonchev–Trinajstić information content (AvgIpc) is 2.47. The maximum Gasteiger partial charge on any atom is 0.333 e. The Balaban J connectivity index is 2.10. The third-order valence-corrected chi connectivity index (χ3v) is 3.06. The van der Waals surface area contributed by atoms with E-state index in [0.717, 1.165) is 12.0 Å². The van der Waals surface area contributed by atoms with Crippen molar-refractivity contribution in [2.75, 3.05) is 0 Å². The van der Waals surface area contributed by atoms with Crippen molar-refractivity contribution < 1.29 is 9.53 Å². The fourth-order valence-electron chi connectivity index (χ4n) is 1.95. The lowest BCUT2D eigenvalue weighted by molar-refractivity contribution is -0.140. The molecular weight excluding hydrogens is 248 g/mol. The second-order valence-corrected chi connectivity index (χ2v) is 4.79. The van der Waals surface area contributed by atoms with Gasteiger partial charge < -0.3 is 4.74 Å². The number of benzene rings is 2. The Kier molecular flexibility index (Phi) is 4.72. The maximum atomic E-state index is 11.5. The summed E-state index contributed by atoms with van der Waals surface area (Å²) in [7, 11) is 0. The van der Waals surface area contributed by atoms with E-state index in [-0.39, 0.29) is 12.6 Å². The van der Waals surface area contributed by atoms with Crippen molar-refractivity contribution >= 4 is 5.97 Å². The Morgan fingerprint density at radius 3 is 2.25 bits per heavy atom. The molecule has 0 aliphatic heterocycles. The number of rotatable bonds is 5. The van der Waals surface area contributed by atoms with E-state index < -0.39 is 0 Å². The van der Waals surface area contributed by atoms with Crippen LogP contribution in [-0.2, 0) is 22.6 Å². The molecule has 0 spiro atoms. The Morgan fingerprint density at radius 2 is 1.60 bits per heavy atom. The number of carbonyl (C=O) groups is 1. The van der Waals surface area contributed by atoms with Crippen molar-refractivity contribution in [1.82, 2.24) is 0 Å². The molecule has 2 nitrogen and oxygen atoms in total. The van der Waals surface area contributed by atoms with Crippen LogP contribution in [0.5, 0.6) is 0 Å². The minimum Gasteiger partial charge on any atom is -0.457 e. The lowest BCUT2D eigenvalue weighted by Crippen LogP contribution is -2.06. The first kappa shape index (κ1) is 14.1. The number of ether oxygens (including phenoxy) is 1. The molecule has 0 aromatic heterocycles. The van der Waals surface area contributed by atoms with Crippen LogP contribution in [0.4, 0.5) is 0 Å². The molecule has 0 saturated carbocycles. The second kappa shape index (κ2) is 6.71. The largest absolute Gasteiger partial charge is 0.457 e. The van der Waals surface area contributed by atoms with Gasteiger partial charge in [-0.1, -0.05) is 61.2 Å². The molecule has 20 heavy (non-hydrogen) atoms. The molecule has 2 aromatic carbocycles. The van der Waals surface area contributed by atoms with Crippen LogP contribution >= 0.6 is 0 Å². The molecule has 102 valence electrons. The van der Waals surface area contributed by atoms with E-state index in [9.17, 15) is 4.79 Å². The number of hydrogen-bond acceptors (Lipinski definition) is 2. The first-order chi connectivity index (χ1) is 9.66. The highest BCUT2D eigenvalue weighted by Gasteiger charge is 2.07. The van der Waals surface area contributed by atoms with E-state index in [1.165, 1.54) is 11.1 Å². The topological polar surface area (TPSA) is 26.3 Å². The van der Waals surface area contributed by atoms with Gasteiger partial charge in [0, 0.05) is 5.57 Å². The molecule has 0 N–H and O–H groups in total. The summed E-state index contributed by atoms with van der Waals surface area (Å²) in [6.45, 7) is 5.52. The smallest absolute Gasteiger partial charge is 0.333 e. The van der Waals surface area contributed by atoms with Crippen molar-refractivity contribution in [3.8, 4) is 0 Å². The molecule has 0 radical (unpaired) electrons. The zero-order valence-electron chi connectivity index (χ0n) is 11.6. The molecule has 0 fully saturated rings. The van der Waals surface area contributed by atoms with Gasteiger partial charge in [0.25, 0.3) is 0 Å². The summed E-state index contributed by atoms with van der Waals surface area (Å²) in [5.74, 6) is -0.348. The van der Waals surface area contributed by atoms with E-state index in [1.807, 2.05) is 36.4 Å². The third kappa shape index (κ3) is 3.82. The maximum absolute atomic E-state index is 11.5. The highest BCUT2D eigenvalue weighted by atomic mass is 16.5. The van der Waals surface area contributed by atoms with E-state index in [0.29, 0.717) is 5.57 Å². The van der Waals surface area contributed by atoms with Gasteiger partial charge >= 0.3 is 5.97 Å². The first-order valence-corrected chi connectivity index (χ1v) is 6.60. The van der Waals surface area contributed by atoms with Crippen molar-refractivity contribution in [1.29, 1.82) is 0 Å². The van der Waals surface area contributed by atoms with Gasteiger partial charge in [-0.15, -0.1) is 0 Å². The Hall–Kier alpha value is -2.35. The minimum absolute atomic E-state index is 0.286. The van der Waals surface area contributed by atoms with Gasteiger partial charge in [0.2, 0.25) is 0 Å². The summed E-state index contributed by atoms with van der Waals surface area (Å²) in [6.07, 6.45) is 0.835. The summed E-state index contributed by atoms with van der Waals surface area (Å²) in [5, 5.41) is 0. The summed E-state index contributed by atoms with van der Waals surface area (Å²) in [5.41, 5.74) is 3.87. The summed E-state index contributed by atoms with van der Waals surface area (Å²) < 4.78 is 5.23. The standard InChI is InChI=1S/C18H18O2/c1-14(2)18(19)20-13-17-11-7-6-10-16(17)12-15-8-4-3-5-9-15/h3-11H,1,12-13H2,2H3. The number of hydrogen-bond donors (Lipinski definition) is 0. The van der Waals surface area contributed by atoms with Crippen LogP contribution < -0.4 is 0 Å². The van der Waals surface area contributed by atoms with Gasteiger partial charge in [-0.2, -0.15) is 0 Å². The first-order valence-electron chi connectivity index (χ1n) is 6.60. The van der Waals surface area contributed by atoms with Crippen LogP contribution in [0.15, 0.2) is 66.7 Å². The molecule has 2 aromatic rings. The van der Waals surface area contributed by atoms with Crippen LogP contribution in [0.1, 0.15) is 23.6 Å². The van der Waals surface area contributed by atoms with Crippen LogP contribution in [0.25, 0.3) is 0 Å². The number of carbonyl (C=O) groups excluding carboxylic acids is 1. The molecule has 2 rings (SSSR count). The SMILES string of the molecule is C=C(C)C(=O)OCc1ccccc1Cc1ccccc1. The zero-order valence-corrected chi connectivity index (χ0v) is 11.6. The minimum atomic E-state index is -0.348. The van der Waals surface area contributed by atoms with Crippen LogP contribution in [0.3, 0.4) is 0 Å². The summed E-state index contributed by atoms with van der Waals surface area (Å²) >= 11 is 0. The molecule has 0 heterocycles. The lowest BCUT2D eigenvalue weighted by Gasteiger charge is -2.10. The van der Waals surface area contributed by atoms with Crippen molar-refractivity contribution in [2.45, 2.75) is 20.0 Å². The summed E-state index contributed by atoms with van der Waals surface area (Å²) in [6, 6.07) is 18.3. The van der Waals surface area contributed by atoms with Crippen LogP contribution in [-0.4, -0.2) is 5.97 Å². The van der Waals surface area contributed by atoms with Gasteiger partial charge in [-0.05, 0) is 30.0 Å². The summed E-state index contributed by atoms with van der Waals surface area (Å²) in [4.78, 5) is 11.5. The fourth-order valence-corrected chi connectivity index (χ4v) is 1.95. The predicted octanol–water partition coefficient (Wildman–Crippen LogP) is 3.90. The molecule has 0 atom stereocenters. The Morgan fingerprint density at radius 1 is 1.00 bits per heavy atom. The fraction of sp³-hybridized carbons (Fsp3) is 0.167. The number of esters is 1. The molecule has 0 aliphatic carbocycles. The zero-order chi connectivity index (χ0) is 14.4. The second-order valence-electron chi connectivity index (χ2n) is 4.79. The molecule has 2 heteroatoms. The van der Waals surface area contributed by atoms with E-state index >= 15 is 0 Å². The van der Waals surface area contributed by atoms with E-state index in [2.05, 4.69) is 24.8 Å². The molecular formula is C18H18O2. The Bertz CT molecular complexity index is 600. The van der Waals surface area contributed by atoms with Crippen molar-refractivity contribution in [3.63, 3.8) is 0 Å². The van der Waals surface area contributed by atoms with Crippen LogP contribution in [0, 0.1) is 0 Å².